The van der Waals surface area contributed by atoms with Gasteiger partial charge in [-0.05, 0) is 17.5 Å². The van der Waals surface area contributed by atoms with Crippen LogP contribution >= 0.6 is 12.4 Å². The first-order valence-electron chi connectivity index (χ1n) is 7.61. The third-order valence-electron chi connectivity index (χ3n) is 3.43. The Bertz CT molecular complexity index is 638. The Labute approximate surface area is 151 Å². The highest BCUT2D eigenvalue weighted by atomic mass is 35.5. The normalized spacial score (nSPS) is 12.7. The number of halogens is 1. The lowest BCUT2D eigenvalue weighted by Gasteiger charge is -2.12. The predicted molar refractivity (Wildman–Crippen MR) is 102 cm³/mol. The van der Waals surface area contributed by atoms with Crippen molar-refractivity contribution in [2.75, 3.05) is 12.3 Å². The van der Waals surface area contributed by atoms with Crippen LogP contribution in [-0.2, 0) is 27.8 Å². The summed E-state index contributed by atoms with van der Waals surface area (Å²) in [5.74, 6) is 0.733. The van der Waals surface area contributed by atoms with Gasteiger partial charge in [-0.1, -0.05) is 60.7 Å². The molecular weight excluding hydrogens is 344 g/mol. The molecule has 2 aromatic carbocycles. The Morgan fingerprint density at radius 1 is 1.00 bits per heavy atom. The lowest BCUT2D eigenvalue weighted by Crippen LogP contribution is -2.43. The molecule has 0 heterocycles. The molecule has 1 unspecified atom stereocenters. The molecule has 3 N–H and O–H groups in total. The molecular formula is C18H23ClN2O2S. The first-order valence-corrected chi connectivity index (χ1v) is 9.10. The number of carbonyl (C=O) groups is 1. The second-order valence-corrected chi connectivity index (χ2v) is 6.94. The van der Waals surface area contributed by atoms with Crippen LogP contribution in [0.2, 0.25) is 0 Å². The molecule has 2 atom stereocenters. The van der Waals surface area contributed by atoms with E-state index in [-0.39, 0.29) is 18.3 Å². The van der Waals surface area contributed by atoms with Gasteiger partial charge in [-0.15, -0.1) is 12.4 Å². The Balaban J connectivity index is 0.00000288. The van der Waals surface area contributed by atoms with E-state index >= 15 is 0 Å². The highest BCUT2D eigenvalue weighted by Gasteiger charge is 2.13. The minimum atomic E-state index is -0.994. The van der Waals surface area contributed by atoms with E-state index in [1.54, 1.807) is 0 Å². The van der Waals surface area contributed by atoms with Crippen molar-refractivity contribution < 1.29 is 9.00 Å². The van der Waals surface area contributed by atoms with Crippen LogP contribution in [0.15, 0.2) is 60.7 Å². The number of benzene rings is 2. The van der Waals surface area contributed by atoms with Gasteiger partial charge in [0.1, 0.15) is 0 Å². The second-order valence-electron chi connectivity index (χ2n) is 5.36. The number of rotatable bonds is 8. The third kappa shape index (κ3) is 7.25. The molecule has 0 aromatic heterocycles. The molecule has 2 rings (SSSR count). The number of hydrogen-bond acceptors (Lipinski definition) is 3. The van der Waals surface area contributed by atoms with Crippen LogP contribution in [0, 0.1) is 0 Å². The summed E-state index contributed by atoms with van der Waals surface area (Å²) in [5.41, 5.74) is 7.97. The van der Waals surface area contributed by atoms with Crippen molar-refractivity contribution in [3.63, 3.8) is 0 Å². The van der Waals surface area contributed by atoms with E-state index in [0.717, 1.165) is 11.1 Å². The topological polar surface area (TPSA) is 72.2 Å². The predicted octanol–water partition coefficient (Wildman–Crippen LogP) is 2.04. The zero-order chi connectivity index (χ0) is 16.5. The number of amides is 1. The van der Waals surface area contributed by atoms with Gasteiger partial charge in [0.25, 0.3) is 0 Å². The molecule has 24 heavy (non-hydrogen) atoms. The Morgan fingerprint density at radius 2 is 1.54 bits per heavy atom. The van der Waals surface area contributed by atoms with Gasteiger partial charge in [-0.2, -0.15) is 0 Å². The minimum absolute atomic E-state index is 0. The van der Waals surface area contributed by atoms with Gasteiger partial charge >= 0.3 is 0 Å². The fourth-order valence-corrected chi connectivity index (χ4v) is 3.25. The van der Waals surface area contributed by atoms with Crippen molar-refractivity contribution in [1.29, 1.82) is 0 Å². The standard InChI is InChI=1S/C18H22N2O2S.ClH/c19-17(13-15-7-3-1-4-8-15)18(21)20-11-12-23(22)14-16-9-5-2-6-10-16;/h1-10,17H,11-14,19H2,(H,20,21);1H/t17-,23?;/m0./s1. The molecule has 0 bridgehead atoms. The maximum atomic E-state index is 12.0. The van der Waals surface area contributed by atoms with Crippen molar-refractivity contribution >= 4 is 29.1 Å². The summed E-state index contributed by atoms with van der Waals surface area (Å²) in [6, 6.07) is 18.8. The van der Waals surface area contributed by atoms with E-state index < -0.39 is 16.8 Å². The van der Waals surface area contributed by atoms with Crippen molar-refractivity contribution in [3.05, 3.63) is 71.8 Å². The summed E-state index contributed by atoms with van der Waals surface area (Å²) >= 11 is 0. The molecule has 130 valence electrons. The largest absolute Gasteiger partial charge is 0.354 e. The molecule has 0 saturated heterocycles. The Kier molecular flexibility index (Phi) is 9.30. The van der Waals surface area contributed by atoms with Crippen LogP contribution in [0.3, 0.4) is 0 Å². The molecule has 0 fully saturated rings. The summed E-state index contributed by atoms with van der Waals surface area (Å²) in [7, 11) is -0.994. The Hall–Kier alpha value is -1.69. The van der Waals surface area contributed by atoms with Crippen LogP contribution in [0.4, 0.5) is 0 Å². The molecule has 0 aliphatic heterocycles. The van der Waals surface area contributed by atoms with Crippen molar-refractivity contribution in [2.45, 2.75) is 18.2 Å². The SMILES string of the molecule is Cl.N[C@@H](Cc1ccccc1)C(=O)NCCS(=O)Cc1ccccc1. The van der Waals surface area contributed by atoms with Gasteiger partial charge in [-0.25, -0.2) is 0 Å². The molecule has 0 aliphatic carbocycles. The molecule has 1 amide bonds. The fraction of sp³-hybridized carbons (Fsp3) is 0.278. The van der Waals surface area contributed by atoms with E-state index in [1.165, 1.54) is 0 Å². The number of nitrogens with two attached hydrogens (primary N) is 1. The van der Waals surface area contributed by atoms with Crippen LogP contribution in [0.25, 0.3) is 0 Å². The first-order chi connectivity index (χ1) is 11.1. The highest BCUT2D eigenvalue weighted by molar-refractivity contribution is 7.84. The lowest BCUT2D eigenvalue weighted by molar-refractivity contribution is -0.122. The van der Waals surface area contributed by atoms with Crippen LogP contribution in [0.1, 0.15) is 11.1 Å². The van der Waals surface area contributed by atoms with Gasteiger partial charge in [0.15, 0.2) is 0 Å². The first kappa shape index (κ1) is 20.4. The van der Waals surface area contributed by atoms with E-state index in [4.69, 9.17) is 5.73 Å². The summed E-state index contributed by atoms with van der Waals surface area (Å²) in [5, 5.41) is 2.76. The molecule has 0 saturated carbocycles. The van der Waals surface area contributed by atoms with E-state index in [9.17, 15) is 9.00 Å². The minimum Gasteiger partial charge on any atom is -0.354 e. The average Bonchev–Trinajstić information content (AvgIpc) is 2.56. The van der Waals surface area contributed by atoms with Gasteiger partial charge in [-0.3, -0.25) is 9.00 Å². The molecule has 2 aromatic rings. The van der Waals surface area contributed by atoms with Crippen molar-refractivity contribution in [1.82, 2.24) is 5.32 Å². The molecule has 0 aliphatic rings. The maximum Gasteiger partial charge on any atom is 0.237 e. The molecule has 6 heteroatoms. The van der Waals surface area contributed by atoms with Crippen LogP contribution < -0.4 is 11.1 Å². The van der Waals surface area contributed by atoms with E-state index in [0.29, 0.717) is 24.5 Å². The quantitative estimate of drug-likeness (QED) is 0.751. The fourth-order valence-electron chi connectivity index (χ4n) is 2.21. The monoisotopic (exact) mass is 366 g/mol. The average molecular weight is 367 g/mol. The van der Waals surface area contributed by atoms with Crippen molar-refractivity contribution in [3.8, 4) is 0 Å². The summed E-state index contributed by atoms with van der Waals surface area (Å²) in [6.07, 6.45) is 0.500. The highest BCUT2D eigenvalue weighted by Crippen LogP contribution is 2.03. The summed E-state index contributed by atoms with van der Waals surface area (Å²) < 4.78 is 12.0. The zero-order valence-corrected chi connectivity index (χ0v) is 15.0. The zero-order valence-electron chi connectivity index (χ0n) is 13.4. The van der Waals surface area contributed by atoms with Gasteiger partial charge < -0.3 is 11.1 Å². The van der Waals surface area contributed by atoms with Gasteiger partial charge in [0.2, 0.25) is 5.91 Å². The number of hydrogen-bond donors (Lipinski definition) is 2. The summed E-state index contributed by atoms with van der Waals surface area (Å²) in [6.45, 7) is 0.376. The molecule has 0 spiro atoms. The van der Waals surface area contributed by atoms with Gasteiger partial charge in [0, 0.05) is 28.9 Å². The van der Waals surface area contributed by atoms with Crippen LogP contribution in [0.5, 0.6) is 0 Å². The van der Waals surface area contributed by atoms with E-state index in [2.05, 4.69) is 5.32 Å². The van der Waals surface area contributed by atoms with Crippen LogP contribution in [-0.4, -0.2) is 28.5 Å². The second kappa shape index (κ2) is 11.0. The third-order valence-corrected chi connectivity index (χ3v) is 4.75. The Morgan fingerprint density at radius 3 is 2.12 bits per heavy atom. The van der Waals surface area contributed by atoms with Crippen molar-refractivity contribution in [2.24, 2.45) is 5.73 Å². The molecule has 0 radical (unpaired) electrons. The lowest BCUT2D eigenvalue weighted by atomic mass is 10.1. The maximum absolute atomic E-state index is 12.0. The number of nitrogens with one attached hydrogen (secondary N) is 1. The smallest absolute Gasteiger partial charge is 0.237 e. The van der Waals surface area contributed by atoms with E-state index in [1.807, 2.05) is 60.7 Å². The summed E-state index contributed by atoms with van der Waals surface area (Å²) in [4.78, 5) is 12.0. The molecule has 4 nitrogen and oxygen atoms in total. The number of carbonyl (C=O) groups excluding carboxylic acids is 1. The van der Waals surface area contributed by atoms with Gasteiger partial charge in [0.05, 0.1) is 6.04 Å².